The fourth-order valence-electron chi connectivity index (χ4n) is 3.26. The maximum atomic E-state index is 12.4. The maximum absolute atomic E-state index is 12.4. The second-order valence-corrected chi connectivity index (χ2v) is 6.24. The van der Waals surface area contributed by atoms with Crippen LogP contribution in [0, 0.1) is 6.92 Å². The molecule has 8 heteroatoms. The number of nitrogens with zero attached hydrogens (tertiary/aromatic N) is 4. The standard InChI is InChI=1S/C16H18N4O4/c1-11-14(22-10-19-11)15(21)20-8-16(9-20)6-12(2-5-23-16)24-13-7-17-3-4-18-13/h3-4,7,10,12H,2,5-6,8-9H2,1H3/t12-/m0/s1. The average Bonchev–Trinajstić information content (AvgIpc) is 2.99. The van der Waals surface area contributed by atoms with Gasteiger partial charge in [-0.05, 0) is 6.92 Å². The van der Waals surface area contributed by atoms with E-state index in [2.05, 4.69) is 15.0 Å². The van der Waals surface area contributed by atoms with Crippen molar-refractivity contribution >= 4 is 5.91 Å². The van der Waals surface area contributed by atoms with E-state index in [1.165, 1.54) is 6.39 Å². The predicted molar refractivity (Wildman–Crippen MR) is 81.5 cm³/mol. The third-order valence-electron chi connectivity index (χ3n) is 4.46. The van der Waals surface area contributed by atoms with Crippen LogP contribution in [-0.4, -0.2) is 57.2 Å². The Morgan fingerprint density at radius 1 is 1.38 bits per heavy atom. The van der Waals surface area contributed by atoms with Crippen LogP contribution in [0.2, 0.25) is 0 Å². The van der Waals surface area contributed by atoms with Crippen molar-refractivity contribution in [3.63, 3.8) is 0 Å². The van der Waals surface area contributed by atoms with Gasteiger partial charge in [-0.1, -0.05) is 0 Å². The zero-order valence-electron chi connectivity index (χ0n) is 13.3. The van der Waals surface area contributed by atoms with Crippen molar-refractivity contribution in [1.29, 1.82) is 0 Å². The van der Waals surface area contributed by atoms with Gasteiger partial charge in [0.15, 0.2) is 6.39 Å². The molecule has 2 aromatic heterocycles. The number of likely N-dealkylation sites (tertiary alicyclic amines) is 1. The van der Waals surface area contributed by atoms with Gasteiger partial charge < -0.3 is 18.8 Å². The number of amides is 1. The van der Waals surface area contributed by atoms with Gasteiger partial charge in [0.2, 0.25) is 11.6 Å². The first-order valence-electron chi connectivity index (χ1n) is 7.91. The molecule has 4 rings (SSSR count). The SMILES string of the molecule is Cc1ncoc1C(=O)N1CC2(C[C@@H](Oc3cnccn3)CCO2)C1. The molecule has 0 aromatic carbocycles. The van der Waals surface area contributed by atoms with Crippen LogP contribution >= 0.6 is 0 Å². The fraction of sp³-hybridized carbons (Fsp3) is 0.500. The summed E-state index contributed by atoms with van der Waals surface area (Å²) in [6.45, 7) is 3.43. The molecule has 24 heavy (non-hydrogen) atoms. The molecule has 2 fully saturated rings. The number of hydrogen-bond acceptors (Lipinski definition) is 7. The van der Waals surface area contributed by atoms with Gasteiger partial charge in [0.25, 0.3) is 5.91 Å². The summed E-state index contributed by atoms with van der Waals surface area (Å²) in [7, 11) is 0. The van der Waals surface area contributed by atoms with E-state index in [1.54, 1.807) is 30.4 Å². The summed E-state index contributed by atoms with van der Waals surface area (Å²) < 4.78 is 17.0. The molecular formula is C16H18N4O4. The quantitative estimate of drug-likeness (QED) is 0.836. The molecule has 1 atom stereocenters. The van der Waals surface area contributed by atoms with E-state index < -0.39 is 0 Å². The summed E-state index contributed by atoms with van der Waals surface area (Å²) in [6, 6.07) is 0. The Bertz CT molecular complexity index is 727. The third kappa shape index (κ3) is 2.73. The minimum absolute atomic E-state index is 0.0136. The molecule has 8 nitrogen and oxygen atoms in total. The molecule has 0 aliphatic carbocycles. The monoisotopic (exact) mass is 330 g/mol. The summed E-state index contributed by atoms with van der Waals surface area (Å²) in [5.74, 6) is 0.674. The van der Waals surface area contributed by atoms with E-state index in [0.717, 1.165) is 12.8 Å². The molecule has 2 aliphatic heterocycles. The van der Waals surface area contributed by atoms with Crippen molar-refractivity contribution in [3.05, 3.63) is 36.4 Å². The van der Waals surface area contributed by atoms with Crippen molar-refractivity contribution in [2.24, 2.45) is 0 Å². The van der Waals surface area contributed by atoms with Gasteiger partial charge in [0, 0.05) is 25.2 Å². The smallest absolute Gasteiger partial charge is 0.291 e. The number of carbonyl (C=O) groups excluding carboxylic acids is 1. The molecule has 2 aromatic rings. The molecule has 2 aliphatic rings. The molecule has 2 saturated heterocycles. The Kier molecular flexibility index (Phi) is 3.68. The van der Waals surface area contributed by atoms with E-state index >= 15 is 0 Å². The molecular weight excluding hydrogens is 312 g/mol. The summed E-state index contributed by atoms with van der Waals surface area (Å²) in [5, 5.41) is 0. The predicted octanol–water partition coefficient (Wildman–Crippen LogP) is 1.23. The van der Waals surface area contributed by atoms with Crippen LogP contribution in [0.5, 0.6) is 5.88 Å². The zero-order chi connectivity index (χ0) is 16.6. The van der Waals surface area contributed by atoms with Gasteiger partial charge >= 0.3 is 0 Å². The van der Waals surface area contributed by atoms with Crippen LogP contribution in [0.15, 0.2) is 29.4 Å². The summed E-state index contributed by atoms with van der Waals surface area (Å²) >= 11 is 0. The Morgan fingerprint density at radius 3 is 2.96 bits per heavy atom. The first-order chi connectivity index (χ1) is 11.7. The van der Waals surface area contributed by atoms with Gasteiger partial charge in [0.1, 0.15) is 11.7 Å². The van der Waals surface area contributed by atoms with Gasteiger partial charge in [-0.3, -0.25) is 9.78 Å². The van der Waals surface area contributed by atoms with E-state index in [4.69, 9.17) is 13.9 Å². The van der Waals surface area contributed by atoms with Crippen molar-refractivity contribution in [1.82, 2.24) is 19.9 Å². The Balaban J connectivity index is 1.37. The molecule has 1 amide bonds. The number of rotatable bonds is 3. The van der Waals surface area contributed by atoms with E-state index in [-0.39, 0.29) is 17.6 Å². The number of carbonyl (C=O) groups is 1. The lowest BCUT2D eigenvalue weighted by atomic mass is 9.84. The second-order valence-electron chi connectivity index (χ2n) is 6.24. The van der Waals surface area contributed by atoms with Gasteiger partial charge in [-0.15, -0.1) is 0 Å². The van der Waals surface area contributed by atoms with E-state index in [9.17, 15) is 4.79 Å². The molecule has 4 heterocycles. The number of ether oxygens (including phenoxy) is 2. The highest BCUT2D eigenvalue weighted by molar-refractivity contribution is 5.93. The Labute approximate surface area is 138 Å². The Hall–Kier alpha value is -2.48. The molecule has 0 saturated carbocycles. The maximum Gasteiger partial charge on any atom is 0.291 e. The molecule has 126 valence electrons. The Morgan fingerprint density at radius 2 is 2.25 bits per heavy atom. The van der Waals surface area contributed by atoms with Crippen molar-refractivity contribution < 1.29 is 18.7 Å². The van der Waals surface area contributed by atoms with Crippen molar-refractivity contribution in [2.75, 3.05) is 19.7 Å². The van der Waals surface area contributed by atoms with Crippen molar-refractivity contribution in [3.8, 4) is 5.88 Å². The van der Waals surface area contributed by atoms with Crippen LogP contribution < -0.4 is 4.74 Å². The molecule has 1 spiro atoms. The molecule has 0 N–H and O–H groups in total. The first-order valence-corrected chi connectivity index (χ1v) is 7.91. The van der Waals surface area contributed by atoms with Crippen LogP contribution in [0.1, 0.15) is 29.1 Å². The van der Waals surface area contributed by atoms with Crippen LogP contribution in [0.25, 0.3) is 0 Å². The van der Waals surface area contributed by atoms with Crippen LogP contribution in [-0.2, 0) is 4.74 Å². The fourth-order valence-corrected chi connectivity index (χ4v) is 3.26. The second kappa shape index (κ2) is 5.86. The minimum Gasteiger partial charge on any atom is -0.473 e. The highest BCUT2D eigenvalue weighted by Crippen LogP contribution is 2.36. The number of aromatic nitrogens is 3. The number of aryl methyl sites for hydroxylation is 1. The highest BCUT2D eigenvalue weighted by Gasteiger charge is 2.50. The molecule has 0 unspecified atom stereocenters. The van der Waals surface area contributed by atoms with Crippen molar-refractivity contribution in [2.45, 2.75) is 31.5 Å². The summed E-state index contributed by atoms with van der Waals surface area (Å²) in [5.41, 5.74) is 0.267. The largest absolute Gasteiger partial charge is 0.473 e. The summed E-state index contributed by atoms with van der Waals surface area (Å²) in [6.07, 6.45) is 7.65. The number of oxazole rings is 1. The highest BCUT2D eigenvalue weighted by atomic mass is 16.5. The minimum atomic E-state index is -0.339. The first kappa shape index (κ1) is 15.1. The van der Waals surface area contributed by atoms with Crippen LogP contribution in [0.4, 0.5) is 0 Å². The number of hydrogen-bond donors (Lipinski definition) is 0. The van der Waals surface area contributed by atoms with Gasteiger partial charge in [-0.2, -0.15) is 0 Å². The normalized spacial score (nSPS) is 22.2. The van der Waals surface area contributed by atoms with E-state index in [1.807, 2.05) is 0 Å². The summed E-state index contributed by atoms with van der Waals surface area (Å²) in [4.78, 5) is 26.2. The molecule has 0 radical (unpaired) electrons. The van der Waals surface area contributed by atoms with Crippen LogP contribution in [0.3, 0.4) is 0 Å². The topological polar surface area (TPSA) is 90.6 Å². The lowest BCUT2D eigenvalue weighted by Gasteiger charge is -2.52. The van der Waals surface area contributed by atoms with E-state index in [0.29, 0.717) is 37.0 Å². The van der Waals surface area contributed by atoms with Gasteiger partial charge in [0.05, 0.1) is 31.6 Å². The molecule has 0 bridgehead atoms. The zero-order valence-corrected chi connectivity index (χ0v) is 13.3. The van der Waals surface area contributed by atoms with Gasteiger partial charge in [-0.25, -0.2) is 9.97 Å². The lowest BCUT2D eigenvalue weighted by Crippen LogP contribution is -2.67. The average molecular weight is 330 g/mol. The third-order valence-corrected chi connectivity index (χ3v) is 4.46. The lowest BCUT2D eigenvalue weighted by molar-refractivity contribution is -0.174.